The van der Waals surface area contributed by atoms with Crippen LogP contribution in [0.25, 0.3) is 0 Å². The third kappa shape index (κ3) is 4.60. The van der Waals surface area contributed by atoms with Crippen LogP contribution in [0.1, 0.15) is 31.0 Å². The second-order valence-electron chi connectivity index (χ2n) is 7.85. The zero-order chi connectivity index (χ0) is 22.7. The molecule has 3 rings (SSSR count). The molecule has 1 aromatic carbocycles. The van der Waals surface area contributed by atoms with Crippen molar-refractivity contribution in [2.75, 3.05) is 20.6 Å². The number of amides is 1. The molecule has 0 bridgehead atoms. The monoisotopic (exact) mass is 439 g/mol. The van der Waals surface area contributed by atoms with Gasteiger partial charge < -0.3 is 15.6 Å². The lowest BCUT2D eigenvalue weighted by Crippen LogP contribution is -2.40. The first-order valence-corrected chi connectivity index (χ1v) is 10.8. The van der Waals surface area contributed by atoms with Gasteiger partial charge in [0.1, 0.15) is 5.82 Å². The van der Waals surface area contributed by atoms with Crippen molar-refractivity contribution in [2.24, 2.45) is 16.6 Å². The number of rotatable bonds is 7. The molecule has 6 nitrogen and oxygen atoms in total. The molecule has 164 valence electrons. The van der Waals surface area contributed by atoms with Gasteiger partial charge in [0, 0.05) is 55.4 Å². The number of hydrogen-bond acceptors (Lipinski definition) is 5. The maximum Gasteiger partial charge on any atom is 0.222 e. The Kier molecular flexibility index (Phi) is 7.03. The summed E-state index contributed by atoms with van der Waals surface area (Å²) in [5.74, 6) is 0.182. The highest BCUT2D eigenvalue weighted by Gasteiger charge is 2.36. The third-order valence-corrected chi connectivity index (χ3v) is 6.01. The summed E-state index contributed by atoms with van der Waals surface area (Å²) in [6.07, 6.45) is 10.4. The number of primary amides is 1. The van der Waals surface area contributed by atoms with Crippen LogP contribution in [0.15, 0.2) is 71.3 Å². The summed E-state index contributed by atoms with van der Waals surface area (Å²) in [6, 6.07) is 5.91. The van der Waals surface area contributed by atoms with Gasteiger partial charge in [-0.1, -0.05) is 44.2 Å². The molecule has 2 aliphatic rings. The van der Waals surface area contributed by atoms with Gasteiger partial charge in [-0.3, -0.25) is 4.79 Å². The maximum atomic E-state index is 11.7. The normalized spacial score (nSPS) is 21.3. The van der Waals surface area contributed by atoms with Gasteiger partial charge in [0.15, 0.2) is 0 Å². The summed E-state index contributed by atoms with van der Waals surface area (Å²) in [4.78, 5) is 18.3. The van der Waals surface area contributed by atoms with E-state index in [1.165, 1.54) is 5.56 Å². The van der Waals surface area contributed by atoms with Crippen LogP contribution in [-0.4, -0.2) is 47.7 Å². The number of hydrogen-bond donors (Lipinski definition) is 1. The first kappa shape index (κ1) is 22.8. The fourth-order valence-corrected chi connectivity index (χ4v) is 4.17. The molecule has 1 amide bonds. The molecule has 1 aromatic rings. The lowest BCUT2D eigenvalue weighted by molar-refractivity contribution is -0.122. The van der Waals surface area contributed by atoms with Crippen LogP contribution in [-0.2, 0) is 11.2 Å². The van der Waals surface area contributed by atoms with Crippen LogP contribution in [0.5, 0.6) is 0 Å². The van der Waals surface area contributed by atoms with Gasteiger partial charge in [0.05, 0.1) is 12.0 Å². The van der Waals surface area contributed by atoms with Gasteiger partial charge in [0.25, 0.3) is 0 Å². The quantitative estimate of drug-likeness (QED) is 0.696. The minimum Gasteiger partial charge on any atom is -0.369 e. The zero-order valence-electron chi connectivity index (χ0n) is 18.5. The number of halogens is 1. The molecule has 0 aliphatic carbocycles. The number of hydrazine groups is 1. The van der Waals surface area contributed by atoms with Crippen molar-refractivity contribution >= 4 is 23.7 Å². The molecule has 2 atom stereocenters. The Morgan fingerprint density at radius 2 is 2.13 bits per heavy atom. The van der Waals surface area contributed by atoms with E-state index >= 15 is 0 Å². The minimum absolute atomic E-state index is 0.108. The standard InChI is InChI=1S/C24H30ClN5O/c1-6-17-9-10-18(25)13-20(17)22-21(15-30(29(22)5)14-16(3)23(26)31)19(7-2)24-27-11-8-12-28(24)4/h7-13,15-16,22H,2,6,14H2,1,3-5H3,(H2,26,31)/b24-19+. The number of nitrogens with zero attached hydrogens (tertiary/aromatic N) is 4. The predicted octanol–water partition coefficient (Wildman–Crippen LogP) is 4.04. The smallest absolute Gasteiger partial charge is 0.222 e. The Morgan fingerprint density at radius 3 is 2.74 bits per heavy atom. The number of allylic oxidation sites excluding steroid dienone is 2. The van der Waals surface area contributed by atoms with E-state index in [-0.39, 0.29) is 17.9 Å². The number of aliphatic imine (C=N–C) groups is 1. The number of carbonyl (C=O) groups excluding carboxylic acids is 1. The van der Waals surface area contributed by atoms with Crippen molar-refractivity contribution < 1.29 is 4.79 Å². The van der Waals surface area contributed by atoms with Gasteiger partial charge in [-0.25, -0.2) is 10.0 Å². The lowest BCUT2D eigenvalue weighted by atomic mass is 9.90. The summed E-state index contributed by atoms with van der Waals surface area (Å²) in [5, 5.41) is 4.86. The number of carbonyl (C=O) groups is 1. The highest BCUT2D eigenvalue weighted by Crippen LogP contribution is 2.42. The summed E-state index contributed by atoms with van der Waals surface area (Å²) >= 11 is 6.41. The summed E-state index contributed by atoms with van der Waals surface area (Å²) in [5.41, 5.74) is 9.85. The van der Waals surface area contributed by atoms with Gasteiger partial charge in [0.2, 0.25) is 5.91 Å². The van der Waals surface area contributed by atoms with Gasteiger partial charge in [-0.2, -0.15) is 0 Å². The Bertz CT molecular complexity index is 994. The van der Waals surface area contributed by atoms with Crippen molar-refractivity contribution in [3.8, 4) is 0 Å². The van der Waals surface area contributed by atoms with E-state index in [0.29, 0.717) is 11.6 Å². The molecular weight excluding hydrogens is 410 g/mol. The molecule has 31 heavy (non-hydrogen) atoms. The Balaban J connectivity index is 2.17. The lowest BCUT2D eigenvalue weighted by Gasteiger charge is -2.33. The van der Waals surface area contributed by atoms with Crippen LogP contribution in [0, 0.1) is 5.92 Å². The Hall–Kier alpha value is -2.83. The topological polar surface area (TPSA) is 65.2 Å². The SMILES string of the molecule is C=C/C(C1=CN(CC(C)C(N)=O)N(C)C1c1cc(Cl)ccc1CC)=C1/N=CC=CN1C. The molecule has 2 heterocycles. The second-order valence-corrected chi connectivity index (χ2v) is 8.29. The molecule has 2 aliphatic heterocycles. The van der Waals surface area contributed by atoms with Crippen molar-refractivity contribution in [1.82, 2.24) is 14.9 Å². The van der Waals surface area contributed by atoms with Crippen LogP contribution >= 0.6 is 11.6 Å². The average Bonchev–Trinajstić information content (AvgIpc) is 3.05. The van der Waals surface area contributed by atoms with Crippen LogP contribution in [0.2, 0.25) is 5.02 Å². The van der Waals surface area contributed by atoms with E-state index in [9.17, 15) is 4.79 Å². The van der Waals surface area contributed by atoms with Crippen molar-refractivity contribution in [1.29, 1.82) is 0 Å². The number of likely N-dealkylation sites (N-methyl/N-ethyl adjacent to an activating group) is 1. The summed E-state index contributed by atoms with van der Waals surface area (Å²) < 4.78 is 0. The first-order valence-electron chi connectivity index (χ1n) is 10.4. The summed E-state index contributed by atoms with van der Waals surface area (Å²) in [6.45, 7) is 8.53. The predicted molar refractivity (Wildman–Crippen MR) is 127 cm³/mol. The Morgan fingerprint density at radius 1 is 1.39 bits per heavy atom. The van der Waals surface area contributed by atoms with E-state index in [4.69, 9.17) is 17.3 Å². The number of benzene rings is 1. The third-order valence-electron chi connectivity index (χ3n) is 5.77. The van der Waals surface area contributed by atoms with Crippen molar-refractivity contribution in [3.05, 3.63) is 82.4 Å². The minimum atomic E-state index is -0.326. The molecule has 2 N–H and O–H groups in total. The van der Waals surface area contributed by atoms with Gasteiger partial charge in [-0.15, -0.1) is 0 Å². The highest BCUT2D eigenvalue weighted by molar-refractivity contribution is 6.30. The fraction of sp³-hybridized carbons (Fsp3) is 0.333. The van der Waals surface area contributed by atoms with Gasteiger partial charge in [-0.05, 0) is 35.8 Å². The highest BCUT2D eigenvalue weighted by atomic mass is 35.5. The largest absolute Gasteiger partial charge is 0.369 e. The van der Waals surface area contributed by atoms with Gasteiger partial charge >= 0.3 is 0 Å². The maximum absolute atomic E-state index is 11.7. The first-order chi connectivity index (χ1) is 14.8. The molecule has 0 radical (unpaired) electrons. The fourth-order valence-electron chi connectivity index (χ4n) is 3.99. The van der Waals surface area contributed by atoms with Crippen molar-refractivity contribution in [2.45, 2.75) is 26.3 Å². The molecule has 0 fully saturated rings. The molecular formula is C24H30ClN5O. The second kappa shape index (κ2) is 9.54. The molecule has 2 unspecified atom stereocenters. The zero-order valence-corrected chi connectivity index (χ0v) is 19.3. The van der Waals surface area contributed by atoms with E-state index < -0.39 is 0 Å². The van der Waals surface area contributed by atoms with Crippen LogP contribution in [0.4, 0.5) is 0 Å². The van der Waals surface area contributed by atoms with E-state index in [1.54, 1.807) is 6.21 Å². The average molecular weight is 440 g/mol. The molecule has 7 heteroatoms. The van der Waals surface area contributed by atoms with E-state index in [1.807, 2.05) is 61.4 Å². The van der Waals surface area contributed by atoms with E-state index in [2.05, 4.69) is 35.8 Å². The van der Waals surface area contributed by atoms with Crippen LogP contribution in [0.3, 0.4) is 0 Å². The van der Waals surface area contributed by atoms with E-state index in [0.717, 1.165) is 29.0 Å². The number of aryl methyl sites for hydroxylation is 1. The van der Waals surface area contributed by atoms with Crippen molar-refractivity contribution in [3.63, 3.8) is 0 Å². The Labute approximate surface area is 189 Å². The number of nitrogens with two attached hydrogens (primary N) is 1. The summed E-state index contributed by atoms with van der Waals surface area (Å²) in [7, 11) is 3.98. The molecule has 0 aromatic heterocycles. The van der Waals surface area contributed by atoms with Crippen LogP contribution < -0.4 is 5.73 Å². The molecule has 0 saturated heterocycles. The molecule has 0 spiro atoms. The molecule has 0 saturated carbocycles.